The lowest BCUT2D eigenvalue weighted by Crippen LogP contribution is -2.32. The van der Waals surface area contributed by atoms with E-state index in [1.807, 2.05) is 12.3 Å². The first-order chi connectivity index (χ1) is 12.9. The fourth-order valence-electron chi connectivity index (χ4n) is 3.77. The van der Waals surface area contributed by atoms with Crippen molar-refractivity contribution >= 4 is 5.82 Å². The molecular formula is C20H27N5O. The fourth-order valence-corrected chi connectivity index (χ4v) is 3.77. The molecule has 26 heavy (non-hydrogen) atoms. The number of pyridine rings is 1. The van der Waals surface area contributed by atoms with Gasteiger partial charge in [0.25, 0.3) is 0 Å². The van der Waals surface area contributed by atoms with Gasteiger partial charge in [-0.3, -0.25) is 4.98 Å². The molecule has 0 saturated carbocycles. The zero-order valence-corrected chi connectivity index (χ0v) is 15.3. The standard InChI is InChI=1S/C20H27N5O/c1-2-10-24(11-3-1)12-4-14-26-20-6-5-17-16-25(13-7-18(17)23-20)19-15-21-8-9-22-19/h5-6,8-9,15H,1-4,7,10-14,16H2. The van der Waals surface area contributed by atoms with Crippen LogP contribution >= 0.6 is 0 Å². The van der Waals surface area contributed by atoms with Crippen molar-refractivity contribution in [3.05, 3.63) is 42.0 Å². The third-order valence-electron chi connectivity index (χ3n) is 5.21. The Bertz CT molecular complexity index is 703. The summed E-state index contributed by atoms with van der Waals surface area (Å²) in [5.74, 6) is 1.69. The molecule has 6 heteroatoms. The minimum Gasteiger partial charge on any atom is -0.478 e. The summed E-state index contributed by atoms with van der Waals surface area (Å²) in [7, 11) is 0. The van der Waals surface area contributed by atoms with Crippen LogP contribution in [0.5, 0.6) is 5.88 Å². The van der Waals surface area contributed by atoms with Crippen LogP contribution in [0, 0.1) is 0 Å². The Labute approximate surface area is 155 Å². The molecule has 0 aromatic carbocycles. The Hall–Kier alpha value is -2.21. The molecule has 4 rings (SSSR count). The van der Waals surface area contributed by atoms with Gasteiger partial charge in [0.2, 0.25) is 5.88 Å². The molecule has 0 amide bonds. The van der Waals surface area contributed by atoms with Crippen LogP contribution in [0.25, 0.3) is 0 Å². The molecule has 0 bridgehead atoms. The molecule has 0 unspecified atom stereocenters. The van der Waals surface area contributed by atoms with Crippen molar-refractivity contribution < 1.29 is 4.74 Å². The van der Waals surface area contributed by atoms with E-state index in [1.54, 1.807) is 12.4 Å². The average molecular weight is 353 g/mol. The van der Waals surface area contributed by atoms with E-state index in [2.05, 4.69) is 25.8 Å². The van der Waals surface area contributed by atoms with Gasteiger partial charge in [-0.05, 0) is 37.9 Å². The highest BCUT2D eigenvalue weighted by Crippen LogP contribution is 2.23. The molecule has 138 valence electrons. The SMILES string of the molecule is c1cnc(N2CCc3nc(OCCCN4CCCCC4)ccc3C2)cn1. The van der Waals surface area contributed by atoms with Gasteiger partial charge < -0.3 is 14.5 Å². The number of hydrogen-bond donors (Lipinski definition) is 0. The molecule has 1 fully saturated rings. The van der Waals surface area contributed by atoms with Crippen molar-refractivity contribution in [3.63, 3.8) is 0 Å². The highest BCUT2D eigenvalue weighted by atomic mass is 16.5. The van der Waals surface area contributed by atoms with Gasteiger partial charge in [-0.25, -0.2) is 9.97 Å². The van der Waals surface area contributed by atoms with Crippen molar-refractivity contribution in [2.75, 3.05) is 37.7 Å². The number of anilines is 1. The van der Waals surface area contributed by atoms with Gasteiger partial charge in [0.15, 0.2) is 0 Å². The third-order valence-corrected chi connectivity index (χ3v) is 5.21. The second-order valence-electron chi connectivity index (χ2n) is 7.09. The van der Waals surface area contributed by atoms with Crippen molar-refractivity contribution in [3.8, 4) is 5.88 Å². The highest BCUT2D eigenvalue weighted by molar-refractivity contribution is 5.41. The molecule has 4 heterocycles. The van der Waals surface area contributed by atoms with Gasteiger partial charge in [0.1, 0.15) is 5.82 Å². The van der Waals surface area contributed by atoms with Gasteiger partial charge in [-0.15, -0.1) is 0 Å². The number of rotatable bonds is 6. The summed E-state index contributed by atoms with van der Waals surface area (Å²) in [4.78, 5) is 18.1. The Morgan fingerprint density at radius 3 is 2.81 bits per heavy atom. The number of likely N-dealkylation sites (tertiary alicyclic amines) is 1. The van der Waals surface area contributed by atoms with Crippen molar-refractivity contribution in [2.24, 2.45) is 0 Å². The smallest absolute Gasteiger partial charge is 0.213 e. The summed E-state index contributed by atoms with van der Waals surface area (Å²) in [6.07, 6.45) is 11.3. The van der Waals surface area contributed by atoms with Crippen LogP contribution in [-0.2, 0) is 13.0 Å². The first-order valence-corrected chi connectivity index (χ1v) is 9.73. The number of fused-ring (bicyclic) bond motifs is 1. The molecule has 0 spiro atoms. The van der Waals surface area contributed by atoms with Crippen LogP contribution in [-0.4, -0.2) is 52.6 Å². The van der Waals surface area contributed by atoms with E-state index < -0.39 is 0 Å². The topological polar surface area (TPSA) is 54.4 Å². The fraction of sp³-hybridized carbons (Fsp3) is 0.550. The van der Waals surface area contributed by atoms with Gasteiger partial charge in [0.05, 0.1) is 18.5 Å². The summed E-state index contributed by atoms with van der Waals surface area (Å²) in [6.45, 7) is 6.12. The van der Waals surface area contributed by atoms with Crippen LogP contribution in [0.2, 0.25) is 0 Å². The van der Waals surface area contributed by atoms with E-state index in [4.69, 9.17) is 9.72 Å². The second kappa shape index (κ2) is 8.45. The first kappa shape index (κ1) is 17.2. The van der Waals surface area contributed by atoms with Crippen LogP contribution in [0.15, 0.2) is 30.7 Å². The minimum absolute atomic E-state index is 0.744. The second-order valence-corrected chi connectivity index (χ2v) is 7.09. The molecule has 0 radical (unpaired) electrons. The molecule has 2 aliphatic heterocycles. The maximum Gasteiger partial charge on any atom is 0.213 e. The monoisotopic (exact) mass is 353 g/mol. The molecule has 2 aromatic heterocycles. The maximum atomic E-state index is 5.90. The van der Waals surface area contributed by atoms with Crippen LogP contribution < -0.4 is 9.64 Å². The normalized spacial score (nSPS) is 17.8. The molecule has 6 nitrogen and oxygen atoms in total. The van der Waals surface area contributed by atoms with Crippen molar-refractivity contribution in [1.29, 1.82) is 0 Å². The Morgan fingerprint density at radius 2 is 1.96 bits per heavy atom. The van der Waals surface area contributed by atoms with Gasteiger partial charge >= 0.3 is 0 Å². The highest BCUT2D eigenvalue weighted by Gasteiger charge is 2.19. The van der Waals surface area contributed by atoms with E-state index in [0.29, 0.717) is 0 Å². The Kier molecular flexibility index (Phi) is 5.59. The molecule has 2 aliphatic rings. The molecule has 0 N–H and O–H groups in total. The largest absolute Gasteiger partial charge is 0.478 e. The predicted molar refractivity (Wildman–Crippen MR) is 101 cm³/mol. The van der Waals surface area contributed by atoms with Crippen LogP contribution in [0.4, 0.5) is 5.82 Å². The van der Waals surface area contributed by atoms with E-state index >= 15 is 0 Å². The summed E-state index contributed by atoms with van der Waals surface area (Å²) < 4.78 is 5.90. The number of piperidine rings is 1. The maximum absolute atomic E-state index is 5.90. The van der Waals surface area contributed by atoms with Crippen LogP contribution in [0.3, 0.4) is 0 Å². The quantitative estimate of drug-likeness (QED) is 0.744. The van der Waals surface area contributed by atoms with E-state index in [0.717, 1.165) is 56.5 Å². The number of ether oxygens (including phenoxy) is 1. The van der Waals surface area contributed by atoms with Gasteiger partial charge in [0, 0.05) is 44.5 Å². The molecular weight excluding hydrogens is 326 g/mol. The summed E-state index contributed by atoms with van der Waals surface area (Å²) in [5, 5.41) is 0. The van der Waals surface area contributed by atoms with E-state index in [9.17, 15) is 0 Å². The Morgan fingerprint density at radius 1 is 1.04 bits per heavy atom. The summed E-state index contributed by atoms with van der Waals surface area (Å²) in [5.41, 5.74) is 2.40. The molecule has 2 aromatic rings. The van der Waals surface area contributed by atoms with Crippen molar-refractivity contribution in [1.82, 2.24) is 19.9 Å². The summed E-state index contributed by atoms with van der Waals surface area (Å²) in [6, 6.07) is 4.14. The zero-order chi connectivity index (χ0) is 17.6. The molecule has 0 atom stereocenters. The number of nitrogens with zero attached hydrogens (tertiary/aromatic N) is 5. The third kappa shape index (κ3) is 4.30. The van der Waals surface area contributed by atoms with Crippen LogP contribution in [0.1, 0.15) is 36.9 Å². The van der Waals surface area contributed by atoms with E-state index in [1.165, 1.54) is 37.9 Å². The number of hydrogen-bond acceptors (Lipinski definition) is 6. The lowest BCUT2D eigenvalue weighted by atomic mass is 10.1. The molecule has 1 saturated heterocycles. The lowest BCUT2D eigenvalue weighted by molar-refractivity contribution is 0.203. The Balaban J connectivity index is 1.28. The van der Waals surface area contributed by atoms with E-state index in [-0.39, 0.29) is 0 Å². The first-order valence-electron chi connectivity index (χ1n) is 9.73. The predicted octanol–water partition coefficient (Wildman–Crippen LogP) is 2.69. The van der Waals surface area contributed by atoms with Gasteiger partial charge in [-0.1, -0.05) is 12.5 Å². The van der Waals surface area contributed by atoms with Crippen molar-refractivity contribution in [2.45, 2.75) is 38.6 Å². The minimum atomic E-state index is 0.744. The zero-order valence-electron chi connectivity index (χ0n) is 15.3. The summed E-state index contributed by atoms with van der Waals surface area (Å²) >= 11 is 0. The lowest BCUT2D eigenvalue weighted by Gasteiger charge is -2.29. The van der Waals surface area contributed by atoms with Gasteiger partial charge in [-0.2, -0.15) is 0 Å². The number of aromatic nitrogens is 3. The average Bonchev–Trinajstić information content (AvgIpc) is 2.72. The molecule has 0 aliphatic carbocycles.